The third-order valence-corrected chi connectivity index (χ3v) is 3.27. The molecule has 18 heavy (non-hydrogen) atoms. The molecule has 1 aliphatic rings. The second-order valence-corrected chi connectivity index (χ2v) is 5.03. The molecule has 3 rings (SSSR count). The molecule has 1 fully saturated rings. The summed E-state index contributed by atoms with van der Waals surface area (Å²) in [6, 6.07) is 9.11. The monoisotopic (exact) mass is 239 g/mol. The summed E-state index contributed by atoms with van der Waals surface area (Å²) in [5.41, 5.74) is 4.69. The van der Waals surface area contributed by atoms with Crippen molar-refractivity contribution in [2.75, 3.05) is 5.32 Å². The first-order valence-corrected chi connectivity index (χ1v) is 6.38. The predicted molar refractivity (Wildman–Crippen MR) is 73.6 cm³/mol. The summed E-state index contributed by atoms with van der Waals surface area (Å²) in [5, 5.41) is 3.41. The minimum absolute atomic E-state index is 0.617. The van der Waals surface area contributed by atoms with Gasteiger partial charge in [-0.1, -0.05) is 17.7 Å². The first kappa shape index (κ1) is 11.2. The van der Waals surface area contributed by atoms with Gasteiger partial charge in [0.2, 0.25) is 0 Å². The largest absolute Gasteiger partial charge is 0.367 e. The van der Waals surface area contributed by atoms with Gasteiger partial charge in [-0.25, -0.2) is 9.97 Å². The minimum atomic E-state index is 0.617. The Hall–Kier alpha value is -1.90. The number of hydrogen-bond donors (Lipinski definition) is 1. The summed E-state index contributed by atoms with van der Waals surface area (Å²) in [7, 11) is 0. The molecule has 0 aliphatic heterocycles. The third-order valence-electron chi connectivity index (χ3n) is 3.27. The molecule has 3 heteroatoms. The van der Waals surface area contributed by atoms with Gasteiger partial charge in [0, 0.05) is 17.7 Å². The SMILES string of the molecule is Cc1ccc(C)c(-c2cc(NC3CC3)ncn2)c1. The first-order valence-electron chi connectivity index (χ1n) is 6.38. The van der Waals surface area contributed by atoms with Gasteiger partial charge in [-0.15, -0.1) is 0 Å². The normalized spacial score (nSPS) is 14.6. The Balaban J connectivity index is 1.96. The maximum Gasteiger partial charge on any atom is 0.130 e. The van der Waals surface area contributed by atoms with Crippen molar-refractivity contribution in [2.24, 2.45) is 0 Å². The molecule has 1 heterocycles. The Morgan fingerprint density at radius 1 is 1.11 bits per heavy atom. The van der Waals surface area contributed by atoms with Crippen LogP contribution >= 0.6 is 0 Å². The molecule has 92 valence electrons. The Labute approximate surface area is 107 Å². The van der Waals surface area contributed by atoms with E-state index in [1.165, 1.54) is 29.5 Å². The Bertz CT molecular complexity index is 574. The molecule has 1 N–H and O–H groups in total. The van der Waals surface area contributed by atoms with Crippen LogP contribution in [0.3, 0.4) is 0 Å². The second-order valence-electron chi connectivity index (χ2n) is 5.03. The summed E-state index contributed by atoms with van der Waals surface area (Å²) in [6.45, 7) is 4.22. The van der Waals surface area contributed by atoms with Gasteiger partial charge < -0.3 is 5.32 Å². The van der Waals surface area contributed by atoms with Gasteiger partial charge in [0.05, 0.1) is 5.69 Å². The zero-order chi connectivity index (χ0) is 12.5. The Kier molecular flexibility index (Phi) is 2.74. The highest BCUT2D eigenvalue weighted by Gasteiger charge is 2.21. The molecule has 2 aromatic rings. The van der Waals surface area contributed by atoms with E-state index in [4.69, 9.17) is 0 Å². The molecule has 0 amide bonds. The number of nitrogens with one attached hydrogen (secondary N) is 1. The lowest BCUT2D eigenvalue weighted by molar-refractivity contribution is 1.08. The van der Waals surface area contributed by atoms with E-state index in [0.29, 0.717) is 6.04 Å². The van der Waals surface area contributed by atoms with Crippen molar-refractivity contribution in [3.8, 4) is 11.3 Å². The van der Waals surface area contributed by atoms with E-state index in [1.54, 1.807) is 6.33 Å². The Morgan fingerprint density at radius 3 is 2.72 bits per heavy atom. The van der Waals surface area contributed by atoms with E-state index in [0.717, 1.165) is 11.5 Å². The fraction of sp³-hybridized carbons (Fsp3) is 0.333. The molecule has 1 saturated carbocycles. The third kappa shape index (κ3) is 2.35. The van der Waals surface area contributed by atoms with Crippen molar-refractivity contribution < 1.29 is 0 Å². The number of nitrogens with zero attached hydrogens (tertiary/aromatic N) is 2. The zero-order valence-electron chi connectivity index (χ0n) is 10.8. The van der Waals surface area contributed by atoms with Crippen LogP contribution in [0.2, 0.25) is 0 Å². The maximum atomic E-state index is 4.39. The molecule has 0 bridgehead atoms. The van der Waals surface area contributed by atoms with Crippen molar-refractivity contribution in [1.29, 1.82) is 0 Å². The fourth-order valence-corrected chi connectivity index (χ4v) is 2.03. The number of rotatable bonds is 3. The summed E-state index contributed by atoms with van der Waals surface area (Å²) in [6.07, 6.45) is 4.15. The van der Waals surface area contributed by atoms with Crippen LogP contribution in [0.4, 0.5) is 5.82 Å². The van der Waals surface area contributed by atoms with Crippen molar-refractivity contribution >= 4 is 5.82 Å². The maximum absolute atomic E-state index is 4.39. The summed E-state index contributed by atoms with van der Waals surface area (Å²) in [4.78, 5) is 8.66. The lowest BCUT2D eigenvalue weighted by Gasteiger charge is -2.08. The quantitative estimate of drug-likeness (QED) is 0.892. The summed E-state index contributed by atoms with van der Waals surface area (Å²) < 4.78 is 0. The summed E-state index contributed by atoms with van der Waals surface area (Å²) >= 11 is 0. The number of benzene rings is 1. The van der Waals surface area contributed by atoms with Crippen LogP contribution in [0.5, 0.6) is 0 Å². The number of hydrogen-bond acceptors (Lipinski definition) is 3. The van der Waals surface area contributed by atoms with Crippen LogP contribution in [0.25, 0.3) is 11.3 Å². The molecule has 1 aliphatic carbocycles. The van der Waals surface area contributed by atoms with Crippen LogP contribution in [-0.2, 0) is 0 Å². The van der Waals surface area contributed by atoms with E-state index >= 15 is 0 Å². The first-order chi connectivity index (χ1) is 8.72. The second kappa shape index (κ2) is 4.41. The summed E-state index contributed by atoms with van der Waals surface area (Å²) in [5.74, 6) is 0.934. The van der Waals surface area contributed by atoms with Crippen LogP contribution in [0.15, 0.2) is 30.6 Å². The fourth-order valence-electron chi connectivity index (χ4n) is 2.03. The number of aromatic nitrogens is 2. The van der Waals surface area contributed by atoms with Crippen LogP contribution in [0.1, 0.15) is 24.0 Å². The lowest BCUT2D eigenvalue weighted by Crippen LogP contribution is -2.03. The van der Waals surface area contributed by atoms with Crippen molar-refractivity contribution in [2.45, 2.75) is 32.7 Å². The van der Waals surface area contributed by atoms with E-state index < -0.39 is 0 Å². The molecule has 0 saturated heterocycles. The molecule has 0 unspecified atom stereocenters. The van der Waals surface area contributed by atoms with E-state index in [2.05, 4.69) is 47.3 Å². The average Bonchev–Trinajstić information content (AvgIpc) is 3.16. The van der Waals surface area contributed by atoms with E-state index in [1.807, 2.05) is 6.07 Å². The molecule has 3 nitrogen and oxygen atoms in total. The molecule has 1 aromatic heterocycles. The number of aryl methyl sites for hydroxylation is 2. The van der Waals surface area contributed by atoms with Gasteiger partial charge in [0.25, 0.3) is 0 Å². The van der Waals surface area contributed by atoms with Gasteiger partial charge in [-0.05, 0) is 38.3 Å². The van der Waals surface area contributed by atoms with Gasteiger partial charge in [0.15, 0.2) is 0 Å². The van der Waals surface area contributed by atoms with Crippen LogP contribution in [0, 0.1) is 13.8 Å². The predicted octanol–water partition coefficient (Wildman–Crippen LogP) is 3.33. The van der Waals surface area contributed by atoms with Crippen LogP contribution < -0.4 is 5.32 Å². The smallest absolute Gasteiger partial charge is 0.130 e. The van der Waals surface area contributed by atoms with Gasteiger partial charge in [0.1, 0.15) is 12.1 Å². The topological polar surface area (TPSA) is 37.8 Å². The molecule has 0 spiro atoms. The van der Waals surface area contributed by atoms with E-state index in [-0.39, 0.29) is 0 Å². The zero-order valence-corrected chi connectivity index (χ0v) is 10.8. The van der Waals surface area contributed by atoms with Gasteiger partial charge in [-0.2, -0.15) is 0 Å². The minimum Gasteiger partial charge on any atom is -0.367 e. The average molecular weight is 239 g/mol. The standard InChI is InChI=1S/C15H17N3/c1-10-3-4-11(2)13(7-10)14-8-15(17-9-16-14)18-12-5-6-12/h3-4,7-9,12H,5-6H2,1-2H3,(H,16,17,18). The van der Waals surface area contributed by atoms with E-state index in [9.17, 15) is 0 Å². The Morgan fingerprint density at radius 2 is 1.94 bits per heavy atom. The molecular weight excluding hydrogens is 222 g/mol. The van der Waals surface area contributed by atoms with Crippen molar-refractivity contribution in [3.05, 3.63) is 41.7 Å². The van der Waals surface area contributed by atoms with Gasteiger partial charge >= 0.3 is 0 Å². The van der Waals surface area contributed by atoms with Crippen molar-refractivity contribution in [1.82, 2.24) is 9.97 Å². The highest BCUT2D eigenvalue weighted by atomic mass is 15.1. The molecule has 1 aromatic carbocycles. The molecular formula is C15H17N3. The van der Waals surface area contributed by atoms with Crippen molar-refractivity contribution in [3.63, 3.8) is 0 Å². The highest BCUT2D eigenvalue weighted by molar-refractivity contribution is 5.66. The molecule has 0 radical (unpaired) electrons. The molecule has 0 atom stereocenters. The lowest BCUT2D eigenvalue weighted by atomic mass is 10.0. The van der Waals surface area contributed by atoms with Crippen LogP contribution in [-0.4, -0.2) is 16.0 Å². The van der Waals surface area contributed by atoms with Gasteiger partial charge in [-0.3, -0.25) is 0 Å². The highest BCUT2D eigenvalue weighted by Crippen LogP contribution is 2.27. The number of anilines is 1.